The summed E-state index contributed by atoms with van der Waals surface area (Å²) in [5, 5.41) is 14.9. The van der Waals surface area contributed by atoms with Crippen molar-refractivity contribution >= 4 is 35.2 Å². The van der Waals surface area contributed by atoms with Gasteiger partial charge in [-0.1, -0.05) is 56.8 Å². The van der Waals surface area contributed by atoms with Gasteiger partial charge in [-0.15, -0.1) is 10.2 Å². The lowest BCUT2D eigenvalue weighted by Crippen LogP contribution is -2.25. The van der Waals surface area contributed by atoms with Crippen molar-refractivity contribution in [1.29, 1.82) is 0 Å². The molecule has 2 amide bonds. The van der Waals surface area contributed by atoms with Crippen LogP contribution in [-0.2, 0) is 21.5 Å². The molecule has 0 aliphatic heterocycles. The molecule has 4 rings (SSSR count). The Balaban J connectivity index is 1.48. The Morgan fingerprint density at radius 1 is 0.907 bits per heavy atom. The molecule has 0 saturated carbocycles. The van der Waals surface area contributed by atoms with E-state index in [0.29, 0.717) is 39.2 Å². The summed E-state index contributed by atoms with van der Waals surface area (Å²) >= 11 is 1.19. The minimum absolute atomic E-state index is 0.0140. The largest absolute Gasteiger partial charge is 0.495 e. The van der Waals surface area contributed by atoms with Gasteiger partial charge in [0.1, 0.15) is 5.75 Å². The van der Waals surface area contributed by atoms with Crippen LogP contribution in [0.1, 0.15) is 59.8 Å². The molecular weight excluding hydrogens is 566 g/mol. The maximum atomic E-state index is 13.0. The number of benzene rings is 3. The fraction of sp³-hybridized carbons (Fsp3) is 0.281. The summed E-state index contributed by atoms with van der Waals surface area (Å²) in [6.07, 6.45) is 0. The van der Waals surface area contributed by atoms with Crippen LogP contribution in [-0.4, -0.2) is 52.0 Å². The van der Waals surface area contributed by atoms with Crippen LogP contribution < -0.4 is 15.4 Å². The zero-order valence-corrected chi connectivity index (χ0v) is 25.7. The molecule has 0 radical (unpaired) electrons. The molecule has 0 aliphatic carbocycles. The van der Waals surface area contributed by atoms with Gasteiger partial charge < -0.3 is 20.1 Å². The summed E-state index contributed by atoms with van der Waals surface area (Å²) in [7, 11) is 1.57. The molecule has 0 saturated heterocycles. The van der Waals surface area contributed by atoms with E-state index in [4.69, 9.17) is 9.47 Å². The van der Waals surface area contributed by atoms with E-state index >= 15 is 0 Å². The van der Waals surface area contributed by atoms with Crippen LogP contribution in [0.25, 0.3) is 5.69 Å². The molecule has 10 nitrogen and oxygen atoms in total. The highest BCUT2D eigenvalue weighted by atomic mass is 32.2. The fourth-order valence-corrected chi connectivity index (χ4v) is 4.94. The van der Waals surface area contributed by atoms with Crippen LogP contribution in [0.2, 0.25) is 0 Å². The van der Waals surface area contributed by atoms with Gasteiger partial charge in [-0.25, -0.2) is 4.79 Å². The molecule has 11 heteroatoms. The number of nitrogens with zero attached hydrogens (tertiary/aromatic N) is 3. The minimum Gasteiger partial charge on any atom is -0.495 e. The quantitative estimate of drug-likeness (QED) is 0.173. The maximum Gasteiger partial charge on any atom is 0.338 e. The number of para-hydroxylation sites is 2. The molecule has 43 heavy (non-hydrogen) atoms. The smallest absolute Gasteiger partial charge is 0.338 e. The van der Waals surface area contributed by atoms with E-state index in [-0.39, 0.29) is 36.1 Å². The van der Waals surface area contributed by atoms with E-state index in [1.807, 2.05) is 48.5 Å². The van der Waals surface area contributed by atoms with Crippen LogP contribution in [0, 0.1) is 0 Å². The Morgan fingerprint density at radius 2 is 1.58 bits per heavy atom. The molecule has 0 fully saturated rings. The second kappa shape index (κ2) is 14.0. The van der Waals surface area contributed by atoms with Gasteiger partial charge in [0.25, 0.3) is 5.91 Å². The first kappa shape index (κ1) is 31.3. The lowest BCUT2D eigenvalue weighted by Gasteiger charge is -2.19. The van der Waals surface area contributed by atoms with Gasteiger partial charge in [0.15, 0.2) is 11.0 Å². The second-order valence-corrected chi connectivity index (χ2v) is 11.5. The summed E-state index contributed by atoms with van der Waals surface area (Å²) in [5.74, 6) is 0.174. The molecule has 2 N–H and O–H groups in total. The molecule has 0 bridgehead atoms. The van der Waals surface area contributed by atoms with Gasteiger partial charge >= 0.3 is 5.97 Å². The van der Waals surface area contributed by atoms with Crippen molar-refractivity contribution in [3.63, 3.8) is 0 Å². The first-order valence-corrected chi connectivity index (χ1v) is 14.8. The Bertz CT molecular complexity index is 1580. The number of ether oxygens (including phenoxy) is 2. The van der Waals surface area contributed by atoms with Crippen molar-refractivity contribution in [1.82, 2.24) is 20.1 Å². The topological polar surface area (TPSA) is 124 Å². The fourth-order valence-electron chi connectivity index (χ4n) is 4.18. The van der Waals surface area contributed by atoms with Crippen LogP contribution in [0.15, 0.2) is 78.0 Å². The van der Waals surface area contributed by atoms with E-state index in [9.17, 15) is 14.4 Å². The number of anilines is 1. The molecule has 0 aliphatic rings. The first-order valence-electron chi connectivity index (χ1n) is 13.8. The van der Waals surface area contributed by atoms with Crippen molar-refractivity contribution < 1.29 is 23.9 Å². The average molecular weight is 602 g/mol. The van der Waals surface area contributed by atoms with E-state index in [1.165, 1.54) is 11.8 Å². The zero-order chi connectivity index (χ0) is 31.0. The molecule has 1 heterocycles. The number of hydrogen-bond acceptors (Lipinski definition) is 8. The van der Waals surface area contributed by atoms with Crippen molar-refractivity contribution in [3.05, 3.63) is 95.3 Å². The zero-order valence-electron chi connectivity index (χ0n) is 24.8. The number of esters is 1. The predicted octanol–water partition coefficient (Wildman–Crippen LogP) is 5.41. The minimum atomic E-state index is -0.419. The number of rotatable bonds is 11. The standard InChI is InChI=1S/C32H35N5O5S/c1-6-42-30(40)22-13-17-24(18-14-22)34-28(38)20-43-31-36-35-27(37(31)25-9-7-8-10-26(25)41-5)19-33-29(39)21-11-15-23(16-12-21)32(2,3)4/h7-18H,6,19-20H2,1-5H3,(H,33,39)(H,34,38). The van der Waals surface area contributed by atoms with Crippen LogP contribution in [0.4, 0.5) is 5.69 Å². The number of amides is 2. The van der Waals surface area contributed by atoms with Gasteiger partial charge in [0.05, 0.1) is 37.3 Å². The number of aromatic nitrogens is 3. The lowest BCUT2D eigenvalue weighted by atomic mass is 9.87. The molecule has 0 unspecified atom stereocenters. The first-order chi connectivity index (χ1) is 20.6. The van der Waals surface area contributed by atoms with E-state index < -0.39 is 5.97 Å². The summed E-state index contributed by atoms with van der Waals surface area (Å²) in [6, 6.07) is 21.4. The van der Waals surface area contributed by atoms with Crippen molar-refractivity contribution in [2.45, 2.75) is 44.8 Å². The number of nitrogens with one attached hydrogen (secondary N) is 2. The van der Waals surface area contributed by atoms with Gasteiger partial charge in [0.2, 0.25) is 5.91 Å². The third-order valence-electron chi connectivity index (χ3n) is 6.46. The van der Waals surface area contributed by atoms with Gasteiger partial charge in [-0.2, -0.15) is 0 Å². The van der Waals surface area contributed by atoms with Crippen LogP contribution >= 0.6 is 11.8 Å². The SMILES string of the molecule is CCOC(=O)c1ccc(NC(=O)CSc2nnc(CNC(=O)c3ccc(C(C)(C)C)cc3)n2-c2ccccc2OC)cc1. The van der Waals surface area contributed by atoms with Crippen molar-refractivity contribution in [2.24, 2.45) is 0 Å². The maximum absolute atomic E-state index is 13.0. The normalized spacial score (nSPS) is 11.1. The van der Waals surface area contributed by atoms with Gasteiger partial charge in [-0.3, -0.25) is 14.2 Å². The summed E-state index contributed by atoms with van der Waals surface area (Å²) in [6.45, 7) is 8.49. The van der Waals surface area contributed by atoms with E-state index in [1.54, 1.807) is 42.9 Å². The Morgan fingerprint density at radius 3 is 2.23 bits per heavy atom. The monoisotopic (exact) mass is 601 g/mol. The van der Waals surface area contributed by atoms with Crippen LogP contribution in [0.3, 0.4) is 0 Å². The number of methoxy groups -OCH3 is 1. The molecule has 1 aromatic heterocycles. The van der Waals surface area contributed by atoms with Crippen molar-refractivity contribution in [3.8, 4) is 11.4 Å². The Hall–Kier alpha value is -4.64. The van der Waals surface area contributed by atoms with Crippen molar-refractivity contribution in [2.75, 3.05) is 24.8 Å². The highest BCUT2D eigenvalue weighted by Crippen LogP contribution is 2.29. The number of carbonyl (C=O) groups is 3. The molecule has 224 valence electrons. The summed E-state index contributed by atoms with van der Waals surface area (Å²) in [5.41, 5.74) is 3.29. The molecule has 0 atom stereocenters. The number of carbonyl (C=O) groups excluding carboxylic acids is 3. The Labute approximate surface area is 255 Å². The third kappa shape index (κ3) is 8.01. The Kier molecular flexibility index (Phi) is 10.2. The number of hydrogen-bond donors (Lipinski definition) is 2. The van der Waals surface area contributed by atoms with E-state index in [0.717, 1.165) is 5.56 Å². The van der Waals surface area contributed by atoms with Crippen LogP contribution in [0.5, 0.6) is 5.75 Å². The van der Waals surface area contributed by atoms with E-state index in [2.05, 4.69) is 41.6 Å². The highest BCUT2D eigenvalue weighted by Gasteiger charge is 2.20. The second-order valence-electron chi connectivity index (χ2n) is 10.6. The predicted molar refractivity (Wildman–Crippen MR) is 166 cm³/mol. The molecule has 4 aromatic rings. The summed E-state index contributed by atoms with van der Waals surface area (Å²) < 4.78 is 12.3. The molecular formula is C32H35N5O5S. The third-order valence-corrected chi connectivity index (χ3v) is 7.39. The average Bonchev–Trinajstić information content (AvgIpc) is 3.41. The van der Waals surface area contributed by atoms with Gasteiger partial charge in [0, 0.05) is 11.3 Å². The van der Waals surface area contributed by atoms with Gasteiger partial charge in [-0.05, 0) is 66.4 Å². The summed E-state index contributed by atoms with van der Waals surface area (Å²) in [4.78, 5) is 37.6. The number of thioether (sulfide) groups is 1. The molecule has 3 aromatic carbocycles. The lowest BCUT2D eigenvalue weighted by molar-refractivity contribution is -0.113. The molecule has 0 spiro atoms. The highest BCUT2D eigenvalue weighted by molar-refractivity contribution is 7.99.